The zero-order chi connectivity index (χ0) is 13.7. The van der Waals surface area contributed by atoms with Crippen LogP contribution in [0.4, 0.5) is 4.39 Å². The van der Waals surface area contributed by atoms with Crippen molar-refractivity contribution in [1.29, 1.82) is 0 Å². The van der Waals surface area contributed by atoms with Crippen LogP contribution in [0.1, 0.15) is 37.8 Å². The summed E-state index contributed by atoms with van der Waals surface area (Å²) in [7, 11) is 2.03. The standard InChI is InChI=1S/C16H25FN2.ClH/c1-3-16(14-4-6-15(17)7-5-14)19-10-8-13(9-11-19)12-18-2;/h4-7,13,16,18H,3,8-12H2,1-2H3;1H. The van der Waals surface area contributed by atoms with Crippen molar-refractivity contribution in [2.75, 3.05) is 26.7 Å². The van der Waals surface area contributed by atoms with Gasteiger partial charge in [-0.1, -0.05) is 19.1 Å². The molecule has 2 rings (SSSR count). The van der Waals surface area contributed by atoms with E-state index in [2.05, 4.69) is 17.1 Å². The van der Waals surface area contributed by atoms with E-state index >= 15 is 0 Å². The fourth-order valence-corrected chi connectivity index (χ4v) is 3.15. The second-order valence-corrected chi connectivity index (χ2v) is 5.51. The molecule has 2 nitrogen and oxygen atoms in total. The average molecular weight is 301 g/mol. The Morgan fingerprint density at radius 3 is 2.35 bits per heavy atom. The number of piperidine rings is 1. The maximum atomic E-state index is 13.0. The van der Waals surface area contributed by atoms with Crippen molar-refractivity contribution in [2.24, 2.45) is 5.92 Å². The first kappa shape index (κ1) is 17.4. The Hall–Kier alpha value is -0.640. The van der Waals surface area contributed by atoms with E-state index in [-0.39, 0.29) is 18.2 Å². The van der Waals surface area contributed by atoms with Crippen LogP contribution < -0.4 is 5.32 Å². The van der Waals surface area contributed by atoms with Crippen molar-refractivity contribution in [1.82, 2.24) is 10.2 Å². The SMILES string of the molecule is CCC(c1ccc(F)cc1)N1CCC(CNC)CC1.Cl. The molecule has 0 bridgehead atoms. The van der Waals surface area contributed by atoms with E-state index in [4.69, 9.17) is 0 Å². The molecule has 0 aromatic heterocycles. The Bertz CT molecular complexity index is 375. The highest BCUT2D eigenvalue weighted by Crippen LogP contribution is 2.29. The van der Waals surface area contributed by atoms with Gasteiger partial charge in [0.2, 0.25) is 0 Å². The van der Waals surface area contributed by atoms with E-state index in [0.717, 1.165) is 32.0 Å². The number of hydrogen-bond donors (Lipinski definition) is 1. The molecule has 0 spiro atoms. The molecule has 1 aliphatic rings. The summed E-state index contributed by atoms with van der Waals surface area (Å²) in [5.74, 6) is 0.665. The summed E-state index contributed by atoms with van der Waals surface area (Å²) < 4.78 is 13.0. The molecule has 1 unspecified atom stereocenters. The van der Waals surface area contributed by atoms with Crippen LogP contribution in [0.15, 0.2) is 24.3 Å². The predicted molar refractivity (Wildman–Crippen MR) is 84.9 cm³/mol. The molecule has 1 heterocycles. The molecule has 1 N–H and O–H groups in total. The number of nitrogens with one attached hydrogen (secondary N) is 1. The van der Waals surface area contributed by atoms with Gasteiger partial charge in [-0.05, 0) is 69.6 Å². The molecule has 0 amide bonds. The number of likely N-dealkylation sites (tertiary alicyclic amines) is 1. The van der Waals surface area contributed by atoms with Gasteiger partial charge in [-0.3, -0.25) is 4.90 Å². The molecule has 0 radical (unpaired) electrons. The van der Waals surface area contributed by atoms with Crippen molar-refractivity contribution in [2.45, 2.75) is 32.2 Å². The summed E-state index contributed by atoms with van der Waals surface area (Å²) in [6.45, 7) is 5.65. The van der Waals surface area contributed by atoms with Crippen molar-refractivity contribution in [3.05, 3.63) is 35.6 Å². The summed E-state index contributed by atoms with van der Waals surface area (Å²) in [5, 5.41) is 3.27. The lowest BCUT2D eigenvalue weighted by molar-refractivity contribution is 0.129. The lowest BCUT2D eigenvalue weighted by Gasteiger charge is -2.37. The van der Waals surface area contributed by atoms with Crippen LogP contribution in [-0.4, -0.2) is 31.6 Å². The smallest absolute Gasteiger partial charge is 0.123 e. The lowest BCUT2D eigenvalue weighted by Crippen LogP contribution is -2.38. The second-order valence-electron chi connectivity index (χ2n) is 5.51. The molecule has 0 saturated carbocycles. The maximum absolute atomic E-state index is 13.0. The summed E-state index contributed by atoms with van der Waals surface area (Å²) in [6.07, 6.45) is 3.61. The van der Waals surface area contributed by atoms with Gasteiger partial charge in [0.1, 0.15) is 5.82 Å². The molecule has 114 valence electrons. The van der Waals surface area contributed by atoms with Gasteiger partial charge >= 0.3 is 0 Å². The van der Waals surface area contributed by atoms with Crippen molar-refractivity contribution >= 4 is 12.4 Å². The highest BCUT2D eigenvalue weighted by atomic mass is 35.5. The molecular weight excluding hydrogens is 275 g/mol. The van der Waals surface area contributed by atoms with Crippen molar-refractivity contribution in [3.8, 4) is 0 Å². The number of hydrogen-bond acceptors (Lipinski definition) is 2. The predicted octanol–water partition coefficient (Wildman–Crippen LogP) is 3.63. The van der Waals surface area contributed by atoms with Gasteiger partial charge in [0.05, 0.1) is 0 Å². The zero-order valence-corrected chi connectivity index (χ0v) is 13.3. The number of halogens is 2. The van der Waals surface area contributed by atoms with Gasteiger partial charge < -0.3 is 5.32 Å². The summed E-state index contributed by atoms with van der Waals surface area (Å²) in [5.41, 5.74) is 1.25. The Kier molecular flexibility index (Phi) is 7.49. The van der Waals surface area contributed by atoms with E-state index in [1.165, 1.54) is 18.4 Å². The molecule has 20 heavy (non-hydrogen) atoms. The van der Waals surface area contributed by atoms with Crippen LogP contribution >= 0.6 is 12.4 Å². The van der Waals surface area contributed by atoms with E-state index in [1.54, 1.807) is 12.1 Å². The normalized spacial score (nSPS) is 18.6. The van der Waals surface area contributed by atoms with E-state index < -0.39 is 0 Å². The first-order valence-electron chi connectivity index (χ1n) is 7.38. The minimum atomic E-state index is -0.147. The van der Waals surface area contributed by atoms with Crippen LogP contribution in [-0.2, 0) is 0 Å². The third-order valence-corrected chi connectivity index (χ3v) is 4.22. The van der Waals surface area contributed by atoms with Crippen LogP contribution in [0.3, 0.4) is 0 Å². The van der Waals surface area contributed by atoms with Gasteiger partial charge in [-0.15, -0.1) is 12.4 Å². The van der Waals surface area contributed by atoms with E-state index in [0.29, 0.717) is 6.04 Å². The first-order chi connectivity index (χ1) is 9.24. The maximum Gasteiger partial charge on any atom is 0.123 e. The molecular formula is C16H26ClFN2. The first-order valence-corrected chi connectivity index (χ1v) is 7.38. The van der Waals surface area contributed by atoms with Gasteiger partial charge in [0.15, 0.2) is 0 Å². The van der Waals surface area contributed by atoms with Crippen LogP contribution in [0.2, 0.25) is 0 Å². The van der Waals surface area contributed by atoms with Crippen molar-refractivity contribution < 1.29 is 4.39 Å². The Balaban J connectivity index is 0.00000200. The Labute approximate surface area is 128 Å². The molecule has 1 saturated heterocycles. The van der Waals surface area contributed by atoms with Crippen LogP contribution in [0.5, 0.6) is 0 Å². The third kappa shape index (κ3) is 4.44. The Morgan fingerprint density at radius 1 is 1.25 bits per heavy atom. The van der Waals surface area contributed by atoms with Crippen LogP contribution in [0.25, 0.3) is 0 Å². The van der Waals surface area contributed by atoms with Crippen LogP contribution in [0, 0.1) is 11.7 Å². The Morgan fingerprint density at radius 2 is 1.85 bits per heavy atom. The molecule has 1 atom stereocenters. The highest BCUT2D eigenvalue weighted by molar-refractivity contribution is 5.85. The quantitative estimate of drug-likeness (QED) is 0.893. The summed E-state index contributed by atoms with van der Waals surface area (Å²) in [4.78, 5) is 2.55. The second kappa shape index (κ2) is 8.60. The number of nitrogens with zero attached hydrogens (tertiary/aromatic N) is 1. The fraction of sp³-hybridized carbons (Fsp3) is 0.625. The lowest BCUT2D eigenvalue weighted by atomic mass is 9.93. The third-order valence-electron chi connectivity index (χ3n) is 4.22. The van der Waals surface area contributed by atoms with Crippen molar-refractivity contribution in [3.63, 3.8) is 0 Å². The highest BCUT2D eigenvalue weighted by Gasteiger charge is 2.24. The topological polar surface area (TPSA) is 15.3 Å². The van der Waals surface area contributed by atoms with E-state index in [9.17, 15) is 4.39 Å². The van der Waals surface area contributed by atoms with Gasteiger partial charge in [0, 0.05) is 6.04 Å². The minimum Gasteiger partial charge on any atom is -0.319 e. The number of benzene rings is 1. The number of rotatable bonds is 5. The molecule has 0 aliphatic carbocycles. The molecule has 4 heteroatoms. The minimum absolute atomic E-state index is 0. The largest absolute Gasteiger partial charge is 0.319 e. The monoisotopic (exact) mass is 300 g/mol. The van der Waals surface area contributed by atoms with Gasteiger partial charge in [-0.25, -0.2) is 4.39 Å². The van der Waals surface area contributed by atoms with Gasteiger partial charge in [-0.2, -0.15) is 0 Å². The molecule has 1 aromatic carbocycles. The van der Waals surface area contributed by atoms with E-state index in [1.807, 2.05) is 19.2 Å². The molecule has 1 fully saturated rings. The molecule has 1 aromatic rings. The fourth-order valence-electron chi connectivity index (χ4n) is 3.15. The average Bonchev–Trinajstić information content (AvgIpc) is 2.44. The zero-order valence-electron chi connectivity index (χ0n) is 12.4. The van der Waals surface area contributed by atoms with Gasteiger partial charge in [0.25, 0.3) is 0 Å². The summed E-state index contributed by atoms with van der Waals surface area (Å²) in [6, 6.07) is 7.46. The molecule has 1 aliphatic heterocycles. The summed E-state index contributed by atoms with van der Waals surface area (Å²) >= 11 is 0.